The van der Waals surface area contributed by atoms with Gasteiger partial charge in [0.2, 0.25) is 5.91 Å². The van der Waals surface area contributed by atoms with Gasteiger partial charge in [-0.1, -0.05) is 0 Å². The van der Waals surface area contributed by atoms with Gasteiger partial charge in [0.15, 0.2) is 0 Å². The summed E-state index contributed by atoms with van der Waals surface area (Å²) in [4.78, 5) is 23.9. The van der Waals surface area contributed by atoms with Crippen LogP contribution in [-0.2, 0) is 16.1 Å². The summed E-state index contributed by atoms with van der Waals surface area (Å²) in [6.45, 7) is 7.28. The highest BCUT2D eigenvalue weighted by molar-refractivity contribution is 7.09. The highest BCUT2D eigenvalue weighted by atomic mass is 32.1. The molecule has 170 valence electrons. The average Bonchev–Trinajstić information content (AvgIpc) is 3.12. The number of carbonyl (C=O) groups excluding carboxylic acids is 1. The van der Waals surface area contributed by atoms with Gasteiger partial charge in [0, 0.05) is 57.2 Å². The molecule has 0 saturated carbocycles. The van der Waals surface area contributed by atoms with E-state index in [0.29, 0.717) is 26.1 Å². The summed E-state index contributed by atoms with van der Waals surface area (Å²) in [6.07, 6.45) is -1.92. The molecule has 3 rings (SSSR count). The van der Waals surface area contributed by atoms with Crippen molar-refractivity contribution in [3.05, 3.63) is 16.1 Å². The summed E-state index contributed by atoms with van der Waals surface area (Å²) in [6, 6.07) is 0. The van der Waals surface area contributed by atoms with Crippen molar-refractivity contribution in [2.45, 2.75) is 38.9 Å². The predicted octanol–water partition coefficient (Wildman–Crippen LogP) is 2.78. The number of aromatic nitrogens is 1. The van der Waals surface area contributed by atoms with Gasteiger partial charge in [-0.15, -0.1) is 11.3 Å². The number of halogens is 3. The maximum Gasteiger partial charge on any atom is 0.411 e. The van der Waals surface area contributed by atoms with E-state index < -0.39 is 12.8 Å². The van der Waals surface area contributed by atoms with E-state index in [2.05, 4.69) is 24.9 Å². The Morgan fingerprint density at radius 3 is 2.47 bits per heavy atom. The highest BCUT2D eigenvalue weighted by Gasteiger charge is 2.30. The number of rotatable bonds is 8. The first-order valence-electron chi connectivity index (χ1n) is 10.6. The molecule has 0 spiro atoms. The van der Waals surface area contributed by atoms with Crippen molar-refractivity contribution in [2.75, 3.05) is 59.0 Å². The van der Waals surface area contributed by atoms with Gasteiger partial charge in [-0.25, -0.2) is 4.98 Å². The Hall–Kier alpha value is -1.23. The summed E-state index contributed by atoms with van der Waals surface area (Å²) in [5, 5.41) is 3.19. The van der Waals surface area contributed by atoms with Crippen LogP contribution in [0.15, 0.2) is 5.38 Å². The van der Waals surface area contributed by atoms with E-state index in [4.69, 9.17) is 0 Å². The molecule has 0 radical (unpaired) electrons. The van der Waals surface area contributed by atoms with E-state index in [0.717, 1.165) is 56.3 Å². The van der Waals surface area contributed by atoms with Crippen molar-refractivity contribution >= 4 is 17.2 Å². The molecule has 2 aliphatic heterocycles. The maximum absolute atomic E-state index is 12.9. The molecule has 0 bridgehead atoms. The third kappa shape index (κ3) is 7.47. The third-order valence-electron chi connectivity index (χ3n) is 5.70. The molecule has 0 aliphatic carbocycles. The molecule has 2 fully saturated rings. The largest absolute Gasteiger partial charge is 0.411 e. The summed E-state index contributed by atoms with van der Waals surface area (Å²) in [7, 11) is 0. The molecule has 1 amide bonds. The number of likely N-dealkylation sites (tertiary alicyclic amines) is 1. The van der Waals surface area contributed by atoms with Crippen LogP contribution in [0.5, 0.6) is 0 Å². The Balaban J connectivity index is 1.30. The summed E-state index contributed by atoms with van der Waals surface area (Å²) < 4.78 is 40.8. The van der Waals surface area contributed by atoms with Crippen LogP contribution in [0, 0.1) is 12.8 Å². The third-order valence-corrected chi connectivity index (χ3v) is 6.52. The van der Waals surface area contributed by atoms with Crippen LogP contribution in [-0.4, -0.2) is 90.8 Å². The minimum Gasteiger partial charge on any atom is -0.372 e. The Morgan fingerprint density at radius 1 is 1.17 bits per heavy atom. The molecule has 0 aromatic carbocycles. The molecule has 2 aliphatic rings. The standard InChI is InChI=1S/C20H31F3N4O2S/c1-16-24-18(14-30-16)13-26-6-3-17(4-7-26)19(28)27-10-8-25(9-11-27)5-2-12-29-15-20(21,22)23/h14,17H,2-13,15H2,1H3. The van der Waals surface area contributed by atoms with Crippen LogP contribution < -0.4 is 0 Å². The van der Waals surface area contributed by atoms with Crippen molar-refractivity contribution in [1.82, 2.24) is 19.7 Å². The zero-order chi connectivity index (χ0) is 21.6. The molecule has 10 heteroatoms. The quantitative estimate of drug-likeness (QED) is 0.573. The van der Waals surface area contributed by atoms with Crippen molar-refractivity contribution in [2.24, 2.45) is 5.92 Å². The first kappa shape index (κ1) is 23.4. The molecular weight excluding hydrogens is 417 g/mol. The van der Waals surface area contributed by atoms with Gasteiger partial charge in [-0.3, -0.25) is 14.6 Å². The van der Waals surface area contributed by atoms with Crippen LogP contribution in [0.1, 0.15) is 30.0 Å². The fourth-order valence-electron chi connectivity index (χ4n) is 4.08. The van der Waals surface area contributed by atoms with Crippen molar-refractivity contribution in [1.29, 1.82) is 0 Å². The summed E-state index contributed by atoms with van der Waals surface area (Å²) in [5.74, 6) is 0.355. The Kier molecular flexibility index (Phi) is 8.50. The monoisotopic (exact) mass is 448 g/mol. The molecule has 0 N–H and O–H groups in total. The normalized spacial score (nSPS) is 20.1. The molecule has 3 heterocycles. The van der Waals surface area contributed by atoms with Gasteiger partial charge in [0.25, 0.3) is 0 Å². The lowest BCUT2D eigenvalue weighted by molar-refractivity contribution is -0.174. The Bertz CT molecular complexity index is 669. The number of aryl methyl sites for hydroxylation is 1. The number of alkyl halides is 3. The zero-order valence-electron chi connectivity index (χ0n) is 17.5. The second kappa shape index (κ2) is 10.9. The van der Waals surface area contributed by atoms with E-state index in [1.165, 1.54) is 0 Å². The van der Waals surface area contributed by atoms with E-state index in [-0.39, 0.29) is 18.4 Å². The number of ether oxygens (including phenoxy) is 1. The van der Waals surface area contributed by atoms with Gasteiger partial charge >= 0.3 is 6.18 Å². The molecule has 2 saturated heterocycles. The predicted molar refractivity (Wildman–Crippen MR) is 109 cm³/mol. The van der Waals surface area contributed by atoms with E-state index >= 15 is 0 Å². The summed E-state index contributed by atoms with van der Waals surface area (Å²) in [5.41, 5.74) is 1.11. The second-order valence-corrected chi connectivity index (χ2v) is 9.16. The van der Waals surface area contributed by atoms with Gasteiger partial charge in [-0.05, 0) is 39.3 Å². The topological polar surface area (TPSA) is 48.9 Å². The first-order chi connectivity index (χ1) is 14.3. The maximum atomic E-state index is 12.9. The smallest absolute Gasteiger partial charge is 0.372 e. The number of piperazine rings is 1. The van der Waals surface area contributed by atoms with Crippen LogP contribution in [0.3, 0.4) is 0 Å². The minimum absolute atomic E-state index is 0.0979. The lowest BCUT2D eigenvalue weighted by atomic mass is 9.95. The van der Waals surface area contributed by atoms with Crippen LogP contribution in [0.4, 0.5) is 13.2 Å². The number of carbonyl (C=O) groups is 1. The molecule has 1 aromatic rings. The highest BCUT2D eigenvalue weighted by Crippen LogP contribution is 2.22. The van der Waals surface area contributed by atoms with Gasteiger partial charge in [0.1, 0.15) is 6.61 Å². The van der Waals surface area contributed by atoms with Crippen molar-refractivity contribution < 1.29 is 22.7 Å². The number of thiazole rings is 1. The van der Waals surface area contributed by atoms with Gasteiger partial charge in [0.05, 0.1) is 10.7 Å². The number of amides is 1. The SMILES string of the molecule is Cc1nc(CN2CCC(C(=O)N3CCN(CCCOCC(F)(F)F)CC3)CC2)cs1. The average molecular weight is 449 g/mol. The van der Waals surface area contributed by atoms with E-state index in [1.807, 2.05) is 11.8 Å². The number of piperidine rings is 1. The minimum atomic E-state index is -4.26. The lowest BCUT2D eigenvalue weighted by Crippen LogP contribution is -2.51. The molecule has 30 heavy (non-hydrogen) atoms. The fourth-order valence-corrected chi connectivity index (χ4v) is 4.68. The van der Waals surface area contributed by atoms with E-state index in [1.54, 1.807) is 11.3 Å². The Labute approximate surface area is 180 Å². The van der Waals surface area contributed by atoms with Crippen LogP contribution in [0.25, 0.3) is 0 Å². The molecular formula is C20H31F3N4O2S. The van der Waals surface area contributed by atoms with Crippen molar-refractivity contribution in [3.8, 4) is 0 Å². The van der Waals surface area contributed by atoms with E-state index in [9.17, 15) is 18.0 Å². The molecule has 1 aromatic heterocycles. The fraction of sp³-hybridized carbons (Fsp3) is 0.800. The zero-order valence-corrected chi connectivity index (χ0v) is 18.3. The molecule has 0 unspecified atom stereocenters. The summed E-state index contributed by atoms with van der Waals surface area (Å²) >= 11 is 1.67. The van der Waals surface area contributed by atoms with Crippen LogP contribution >= 0.6 is 11.3 Å². The first-order valence-corrected chi connectivity index (χ1v) is 11.5. The Morgan fingerprint density at radius 2 is 1.87 bits per heavy atom. The number of hydrogen-bond acceptors (Lipinski definition) is 6. The lowest BCUT2D eigenvalue weighted by Gasteiger charge is -2.38. The number of nitrogens with zero attached hydrogens (tertiary/aromatic N) is 4. The van der Waals surface area contributed by atoms with Crippen molar-refractivity contribution in [3.63, 3.8) is 0 Å². The van der Waals surface area contributed by atoms with Gasteiger partial charge < -0.3 is 9.64 Å². The van der Waals surface area contributed by atoms with Crippen LogP contribution in [0.2, 0.25) is 0 Å². The molecule has 0 atom stereocenters. The van der Waals surface area contributed by atoms with Gasteiger partial charge in [-0.2, -0.15) is 13.2 Å². The second-order valence-electron chi connectivity index (χ2n) is 8.10. The molecule has 6 nitrogen and oxygen atoms in total. The number of hydrogen-bond donors (Lipinski definition) is 0.